The van der Waals surface area contributed by atoms with Crippen LogP contribution in [0.4, 0.5) is 15.8 Å². The van der Waals surface area contributed by atoms with E-state index in [2.05, 4.69) is 15.6 Å². The van der Waals surface area contributed by atoms with Crippen LogP contribution in [0.1, 0.15) is 50.0 Å². The zero-order valence-electron chi connectivity index (χ0n) is 21.2. The molecule has 4 rings (SSSR count). The molecule has 0 aliphatic carbocycles. The first kappa shape index (κ1) is 27.2. The van der Waals surface area contributed by atoms with E-state index in [4.69, 9.17) is 10.5 Å². The molecule has 0 radical (unpaired) electrons. The molecule has 0 unspecified atom stereocenters. The number of amides is 2. The summed E-state index contributed by atoms with van der Waals surface area (Å²) in [4.78, 5) is 41.5. The molecule has 2 amide bonds. The monoisotopic (exact) mass is 526 g/mol. The lowest BCUT2D eigenvalue weighted by molar-refractivity contribution is 0.0505. The zero-order valence-corrected chi connectivity index (χ0v) is 21.2. The van der Waals surface area contributed by atoms with Gasteiger partial charge in [-0.25, -0.2) is 9.18 Å². The first-order valence-electron chi connectivity index (χ1n) is 12.3. The van der Waals surface area contributed by atoms with E-state index >= 15 is 0 Å². The number of nitrogens with one attached hydrogen (secondary N) is 2. The molecule has 1 heterocycles. The molecule has 0 saturated carbocycles. The molecule has 4 N–H and O–H groups in total. The zero-order chi connectivity index (χ0) is 27.8. The fourth-order valence-corrected chi connectivity index (χ4v) is 3.83. The maximum Gasteiger partial charge on any atom is 0.338 e. The van der Waals surface area contributed by atoms with Crippen molar-refractivity contribution in [2.24, 2.45) is 5.73 Å². The van der Waals surface area contributed by atoms with E-state index in [1.807, 2.05) is 13.0 Å². The van der Waals surface area contributed by atoms with E-state index in [9.17, 15) is 18.8 Å². The van der Waals surface area contributed by atoms with Gasteiger partial charge < -0.3 is 21.1 Å². The van der Waals surface area contributed by atoms with Gasteiger partial charge >= 0.3 is 5.97 Å². The highest BCUT2D eigenvalue weighted by Crippen LogP contribution is 2.27. The van der Waals surface area contributed by atoms with Gasteiger partial charge in [-0.2, -0.15) is 0 Å². The Labute approximate surface area is 225 Å². The molecule has 0 bridgehead atoms. The van der Waals surface area contributed by atoms with Gasteiger partial charge in [0.2, 0.25) is 0 Å². The fraction of sp³-hybridized carbons (Fsp3) is 0.133. The third-order valence-corrected chi connectivity index (χ3v) is 5.86. The molecule has 3 aromatic carbocycles. The third-order valence-electron chi connectivity index (χ3n) is 5.86. The van der Waals surface area contributed by atoms with Crippen molar-refractivity contribution in [3.63, 3.8) is 0 Å². The SMILES string of the molecule is CCCOC(=O)c1ccc(NC(=O)c2cccc(-c3cc(C(=O)Nc4ccncc4F)ccc3CN)c2)cc1. The second kappa shape index (κ2) is 12.6. The molecular weight excluding hydrogens is 499 g/mol. The summed E-state index contributed by atoms with van der Waals surface area (Å²) in [5.74, 6) is -1.91. The van der Waals surface area contributed by atoms with Gasteiger partial charge in [0.1, 0.15) is 0 Å². The van der Waals surface area contributed by atoms with Crippen LogP contribution in [0.25, 0.3) is 11.1 Å². The van der Waals surface area contributed by atoms with Gasteiger partial charge in [0.05, 0.1) is 24.1 Å². The van der Waals surface area contributed by atoms with Crippen molar-refractivity contribution in [3.05, 3.63) is 113 Å². The summed E-state index contributed by atoms with van der Waals surface area (Å²) in [5, 5.41) is 5.36. The number of pyridine rings is 1. The number of carbonyl (C=O) groups excluding carboxylic acids is 3. The first-order valence-corrected chi connectivity index (χ1v) is 12.3. The van der Waals surface area contributed by atoms with Crippen molar-refractivity contribution in [3.8, 4) is 11.1 Å². The summed E-state index contributed by atoms with van der Waals surface area (Å²) in [7, 11) is 0. The Bertz CT molecular complexity index is 1510. The Morgan fingerprint density at radius 3 is 2.33 bits per heavy atom. The summed E-state index contributed by atoms with van der Waals surface area (Å²) in [6, 6.07) is 19.7. The van der Waals surface area contributed by atoms with Gasteiger partial charge in [0.15, 0.2) is 5.82 Å². The molecule has 0 aliphatic heterocycles. The van der Waals surface area contributed by atoms with Crippen LogP contribution >= 0.6 is 0 Å². The average molecular weight is 527 g/mol. The van der Waals surface area contributed by atoms with Crippen molar-refractivity contribution in [1.29, 1.82) is 0 Å². The summed E-state index contributed by atoms with van der Waals surface area (Å²) in [6.45, 7) is 2.47. The van der Waals surface area contributed by atoms with Crippen molar-refractivity contribution >= 4 is 29.2 Å². The van der Waals surface area contributed by atoms with Crippen LogP contribution in [0.2, 0.25) is 0 Å². The molecule has 4 aromatic rings. The number of esters is 1. The molecule has 39 heavy (non-hydrogen) atoms. The summed E-state index contributed by atoms with van der Waals surface area (Å²) >= 11 is 0. The number of aromatic nitrogens is 1. The quantitative estimate of drug-likeness (QED) is 0.250. The van der Waals surface area contributed by atoms with Gasteiger partial charge in [-0.05, 0) is 77.7 Å². The number of benzene rings is 3. The molecule has 0 spiro atoms. The summed E-state index contributed by atoms with van der Waals surface area (Å²) < 4.78 is 19.1. The Balaban J connectivity index is 1.53. The van der Waals surface area contributed by atoms with E-state index in [1.54, 1.807) is 60.7 Å². The Morgan fingerprint density at radius 1 is 0.897 bits per heavy atom. The summed E-state index contributed by atoms with van der Waals surface area (Å²) in [6.07, 6.45) is 3.13. The number of carbonyl (C=O) groups is 3. The molecule has 8 nitrogen and oxygen atoms in total. The van der Waals surface area contributed by atoms with Crippen LogP contribution in [0.3, 0.4) is 0 Å². The predicted molar refractivity (Wildman–Crippen MR) is 147 cm³/mol. The molecular formula is C30H27FN4O4. The smallest absolute Gasteiger partial charge is 0.338 e. The number of rotatable bonds is 9. The standard InChI is InChI=1S/C30H27FN4O4/c1-2-14-39-30(38)19-8-10-24(11-9-19)34-28(36)21-5-3-4-20(15-21)25-16-22(6-7-23(25)17-32)29(37)35-27-12-13-33-18-26(27)31/h3-13,15-16,18H,2,14,17,32H2,1H3,(H,34,36)(H,33,35,37). The average Bonchev–Trinajstić information content (AvgIpc) is 2.97. The maximum atomic E-state index is 14.0. The number of nitrogens with two attached hydrogens (primary N) is 1. The van der Waals surface area contributed by atoms with Crippen LogP contribution < -0.4 is 16.4 Å². The Hall–Kier alpha value is -4.89. The van der Waals surface area contributed by atoms with Crippen molar-refractivity contribution < 1.29 is 23.5 Å². The van der Waals surface area contributed by atoms with E-state index in [0.717, 1.165) is 18.2 Å². The molecule has 0 atom stereocenters. The maximum absolute atomic E-state index is 14.0. The second-order valence-corrected chi connectivity index (χ2v) is 8.63. The minimum atomic E-state index is -0.644. The van der Waals surface area contributed by atoms with E-state index in [-0.39, 0.29) is 18.1 Å². The predicted octanol–water partition coefficient (Wildman–Crippen LogP) is 5.42. The number of halogens is 1. The number of hydrogen-bond donors (Lipinski definition) is 3. The molecule has 0 fully saturated rings. The number of anilines is 2. The highest BCUT2D eigenvalue weighted by molar-refractivity contribution is 6.06. The molecule has 1 aromatic heterocycles. The van der Waals surface area contributed by atoms with Crippen LogP contribution in [0.15, 0.2) is 85.2 Å². The van der Waals surface area contributed by atoms with E-state index in [0.29, 0.717) is 40.1 Å². The highest BCUT2D eigenvalue weighted by Gasteiger charge is 2.15. The fourth-order valence-electron chi connectivity index (χ4n) is 3.83. The van der Waals surface area contributed by atoms with Crippen LogP contribution in [-0.4, -0.2) is 29.4 Å². The van der Waals surface area contributed by atoms with Crippen LogP contribution in [0.5, 0.6) is 0 Å². The number of nitrogens with zero attached hydrogens (tertiary/aromatic N) is 1. The molecule has 0 saturated heterocycles. The second-order valence-electron chi connectivity index (χ2n) is 8.63. The summed E-state index contributed by atoms with van der Waals surface area (Å²) in [5.41, 5.74) is 9.68. The van der Waals surface area contributed by atoms with Gasteiger partial charge in [0, 0.05) is 29.6 Å². The van der Waals surface area contributed by atoms with Crippen LogP contribution in [0, 0.1) is 5.82 Å². The third kappa shape index (κ3) is 6.71. The highest BCUT2D eigenvalue weighted by atomic mass is 19.1. The van der Waals surface area contributed by atoms with E-state index < -0.39 is 17.7 Å². The van der Waals surface area contributed by atoms with Crippen molar-refractivity contribution in [1.82, 2.24) is 4.98 Å². The van der Waals surface area contributed by atoms with Crippen molar-refractivity contribution in [2.45, 2.75) is 19.9 Å². The van der Waals surface area contributed by atoms with Crippen molar-refractivity contribution in [2.75, 3.05) is 17.2 Å². The largest absolute Gasteiger partial charge is 0.462 e. The molecule has 9 heteroatoms. The minimum Gasteiger partial charge on any atom is -0.462 e. The van der Waals surface area contributed by atoms with E-state index in [1.165, 1.54) is 12.3 Å². The lowest BCUT2D eigenvalue weighted by atomic mass is 9.95. The van der Waals surface area contributed by atoms with Gasteiger partial charge in [0.25, 0.3) is 11.8 Å². The Kier molecular flexibility index (Phi) is 8.75. The Morgan fingerprint density at radius 2 is 1.62 bits per heavy atom. The number of hydrogen-bond acceptors (Lipinski definition) is 6. The molecule has 198 valence electrons. The molecule has 0 aliphatic rings. The van der Waals surface area contributed by atoms with Crippen LogP contribution in [-0.2, 0) is 11.3 Å². The number of ether oxygens (including phenoxy) is 1. The minimum absolute atomic E-state index is 0.0176. The first-order chi connectivity index (χ1) is 18.9. The lowest BCUT2D eigenvalue weighted by Gasteiger charge is -2.13. The normalized spacial score (nSPS) is 10.5. The topological polar surface area (TPSA) is 123 Å². The van der Waals surface area contributed by atoms with Gasteiger partial charge in [-0.1, -0.05) is 25.1 Å². The lowest BCUT2D eigenvalue weighted by Crippen LogP contribution is -2.14. The van der Waals surface area contributed by atoms with Gasteiger partial charge in [-0.3, -0.25) is 14.6 Å². The van der Waals surface area contributed by atoms with Gasteiger partial charge in [-0.15, -0.1) is 0 Å².